The van der Waals surface area contributed by atoms with E-state index in [9.17, 15) is 0 Å². The zero-order chi connectivity index (χ0) is 12.8. The molecule has 0 N–H and O–H groups in total. The summed E-state index contributed by atoms with van der Waals surface area (Å²) in [7, 11) is 0.272. The van der Waals surface area contributed by atoms with Gasteiger partial charge in [0.25, 0.3) is 5.01 Å². The average molecular weight is 325 g/mol. The second-order valence-corrected chi connectivity index (χ2v) is 7.55. The van der Waals surface area contributed by atoms with Crippen LogP contribution in [0.3, 0.4) is 0 Å². The SMILES string of the molecule is CC[s+]1ccnc1C(Br)CCCc1ccccc1. The molecule has 1 heterocycles. The molecule has 0 fully saturated rings. The number of alkyl halides is 1. The molecule has 2 unspecified atom stereocenters. The third-order valence-electron chi connectivity index (χ3n) is 3.04. The van der Waals surface area contributed by atoms with E-state index in [2.05, 4.69) is 63.5 Å². The highest BCUT2D eigenvalue weighted by atomic mass is 79.9. The van der Waals surface area contributed by atoms with Crippen molar-refractivity contribution in [2.24, 2.45) is 0 Å². The zero-order valence-electron chi connectivity index (χ0n) is 10.7. The number of halogens is 1. The quantitative estimate of drug-likeness (QED) is 0.518. The third-order valence-corrected chi connectivity index (χ3v) is 6.23. The van der Waals surface area contributed by atoms with Crippen molar-refractivity contribution in [1.82, 2.24) is 4.98 Å². The van der Waals surface area contributed by atoms with Crippen molar-refractivity contribution >= 4 is 26.4 Å². The molecule has 18 heavy (non-hydrogen) atoms. The maximum absolute atomic E-state index is 4.52. The molecule has 1 nitrogen and oxygen atoms in total. The molecule has 0 radical (unpaired) electrons. The number of aryl methyl sites for hydroxylation is 2. The van der Waals surface area contributed by atoms with Gasteiger partial charge in [0, 0.05) is 10.5 Å². The Kier molecular flexibility index (Phi) is 5.39. The Hall–Kier alpha value is -0.670. The lowest BCUT2D eigenvalue weighted by molar-refractivity contribution is 0.726. The molecule has 0 amide bonds. The number of thiazole rings is 1. The second-order valence-electron chi connectivity index (χ2n) is 4.32. The Labute approximate surface area is 120 Å². The minimum Gasteiger partial charge on any atom is -0.204 e. The van der Waals surface area contributed by atoms with Crippen LogP contribution in [0, 0.1) is 0 Å². The zero-order valence-corrected chi connectivity index (χ0v) is 13.1. The molecule has 1 aromatic carbocycles. The van der Waals surface area contributed by atoms with E-state index >= 15 is 0 Å². The van der Waals surface area contributed by atoms with E-state index in [1.807, 2.05) is 6.20 Å². The minimum atomic E-state index is 0.272. The van der Waals surface area contributed by atoms with Gasteiger partial charge in [-0.3, -0.25) is 0 Å². The largest absolute Gasteiger partial charge is 0.255 e. The summed E-state index contributed by atoms with van der Waals surface area (Å²) in [4.78, 5) is 4.96. The predicted octanol–water partition coefficient (Wildman–Crippen LogP) is 5.31. The van der Waals surface area contributed by atoms with Gasteiger partial charge < -0.3 is 0 Å². The fourth-order valence-electron chi connectivity index (χ4n) is 2.06. The Morgan fingerprint density at radius 3 is 2.78 bits per heavy atom. The first kappa shape index (κ1) is 13.8. The molecule has 0 aliphatic carbocycles. The lowest BCUT2D eigenvalue weighted by atomic mass is 10.1. The predicted molar refractivity (Wildman–Crippen MR) is 83.4 cm³/mol. The number of rotatable bonds is 6. The summed E-state index contributed by atoms with van der Waals surface area (Å²) >= 11 is 3.80. The molecule has 96 valence electrons. The van der Waals surface area contributed by atoms with Crippen LogP contribution in [0.4, 0.5) is 0 Å². The van der Waals surface area contributed by atoms with Gasteiger partial charge in [-0.15, -0.1) is 0 Å². The lowest BCUT2D eigenvalue weighted by Crippen LogP contribution is -1.93. The van der Waals surface area contributed by atoms with Gasteiger partial charge in [-0.2, -0.15) is 0 Å². The number of hydrogen-bond donors (Lipinski definition) is 0. The van der Waals surface area contributed by atoms with Crippen LogP contribution >= 0.6 is 26.4 Å². The summed E-state index contributed by atoms with van der Waals surface area (Å²) in [5, 5.41) is 3.58. The molecule has 0 aliphatic heterocycles. The van der Waals surface area contributed by atoms with Crippen LogP contribution in [-0.4, -0.2) is 4.98 Å². The van der Waals surface area contributed by atoms with Crippen molar-refractivity contribution in [2.45, 2.75) is 36.8 Å². The first-order valence-electron chi connectivity index (χ1n) is 6.43. The summed E-state index contributed by atoms with van der Waals surface area (Å²) in [5.41, 5.74) is 1.43. The third kappa shape index (κ3) is 3.66. The molecule has 0 saturated heterocycles. The van der Waals surface area contributed by atoms with Gasteiger partial charge in [0.05, 0.1) is 6.20 Å². The standard InChI is InChI=1S/C15H19BrNS/c1-2-18-12-11-17-15(18)14(16)10-6-9-13-7-4-3-5-8-13/h3-5,7-8,11-12,14H,2,6,9-10H2,1H3/q+1. The summed E-state index contributed by atoms with van der Waals surface area (Å²) in [6.45, 7) is 2.23. The van der Waals surface area contributed by atoms with Crippen LogP contribution < -0.4 is 0 Å². The minimum absolute atomic E-state index is 0.272. The van der Waals surface area contributed by atoms with Gasteiger partial charge in [-0.05, 0) is 31.7 Å². The normalized spacial score (nSPS) is 13.6. The number of benzene rings is 1. The topological polar surface area (TPSA) is 12.9 Å². The molecule has 2 atom stereocenters. The van der Waals surface area contributed by atoms with Crippen molar-refractivity contribution < 1.29 is 0 Å². The molecule has 3 heteroatoms. The average Bonchev–Trinajstić information content (AvgIpc) is 2.88. The van der Waals surface area contributed by atoms with Crippen LogP contribution in [0.25, 0.3) is 0 Å². The van der Waals surface area contributed by atoms with E-state index < -0.39 is 0 Å². The molecule has 2 rings (SSSR count). The Morgan fingerprint density at radius 2 is 2.06 bits per heavy atom. The van der Waals surface area contributed by atoms with Crippen molar-refractivity contribution in [3.8, 4) is 0 Å². The maximum Gasteiger partial charge on any atom is 0.255 e. The fourth-order valence-corrected chi connectivity index (χ4v) is 4.70. The summed E-state index contributed by atoms with van der Waals surface area (Å²) in [5.74, 6) is 1.18. The summed E-state index contributed by atoms with van der Waals surface area (Å²) < 4.78 is 0. The highest BCUT2D eigenvalue weighted by Gasteiger charge is 2.21. The molecule has 2 aromatic rings. The van der Waals surface area contributed by atoms with Gasteiger partial charge in [-0.25, -0.2) is 4.98 Å². The van der Waals surface area contributed by atoms with Crippen LogP contribution in [0.15, 0.2) is 41.9 Å². The highest BCUT2D eigenvalue weighted by Crippen LogP contribution is 2.36. The maximum atomic E-state index is 4.52. The number of nitrogens with zero attached hydrogens (tertiary/aromatic N) is 1. The highest BCUT2D eigenvalue weighted by molar-refractivity contribution is 9.09. The van der Waals surface area contributed by atoms with Crippen molar-refractivity contribution in [3.63, 3.8) is 0 Å². The van der Waals surface area contributed by atoms with Crippen molar-refractivity contribution in [1.29, 1.82) is 0 Å². The van der Waals surface area contributed by atoms with Gasteiger partial charge in [0.2, 0.25) is 0 Å². The monoisotopic (exact) mass is 324 g/mol. The smallest absolute Gasteiger partial charge is 0.204 e. The Balaban J connectivity index is 1.84. The molecular formula is C15H19BrNS+. The van der Waals surface area contributed by atoms with Gasteiger partial charge in [0.15, 0.2) is 5.38 Å². The Morgan fingerprint density at radius 1 is 1.28 bits per heavy atom. The van der Waals surface area contributed by atoms with Gasteiger partial charge >= 0.3 is 0 Å². The first-order chi connectivity index (χ1) is 8.81. The molecule has 0 spiro atoms. The lowest BCUT2D eigenvalue weighted by Gasteiger charge is -2.05. The van der Waals surface area contributed by atoms with Crippen molar-refractivity contribution in [3.05, 3.63) is 52.5 Å². The Bertz CT molecular complexity index is 466. The molecule has 0 bridgehead atoms. The summed E-state index contributed by atoms with van der Waals surface area (Å²) in [6, 6.07) is 10.7. The van der Waals surface area contributed by atoms with Gasteiger partial charge in [-0.1, -0.05) is 46.3 Å². The van der Waals surface area contributed by atoms with E-state index in [0.29, 0.717) is 4.83 Å². The summed E-state index contributed by atoms with van der Waals surface area (Å²) in [6.07, 6.45) is 5.50. The van der Waals surface area contributed by atoms with Crippen molar-refractivity contribution in [2.75, 3.05) is 0 Å². The molecule has 0 aliphatic rings. The van der Waals surface area contributed by atoms with Crippen LogP contribution in [0.5, 0.6) is 0 Å². The van der Waals surface area contributed by atoms with Gasteiger partial charge in [0.1, 0.15) is 10.6 Å². The molecule has 0 saturated carbocycles. The second kappa shape index (κ2) is 7.05. The van der Waals surface area contributed by atoms with E-state index in [0.717, 1.165) is 6.42 Å². The number of aromatic nitrogens is 1. The van der Waals surface area contributed by atoms with Crippen LogP contribution in [0.1, 0.15) is 35.2 Å². The fraction of sp³-hybridized carbons (Fsp3) is 0.400. The molecular weight excluding hydrogens is 306 g/mol. The van der Waals surface area contributed by atoms with Crippen LogP contribution in [-0.2, 0) is 12.2 Å². The van der Waals surface area contributed by atoms with E-state index in [1.165, 1.54) is 29.2 Å². The number of hydrogen-bond acceptors (Lipinski definition) is 1. The van der Waals surface area contributed by atoms with Crippen LogP contribution in [0.2, 0.25) is 0 Å². The van der Waals surface area contributed by atoms with E-state index in [-0.39, 0.29) is 10.5 Å². The van der Waals surface area contributed by atoms with E-state index in [4.69, 9.17) is 0 Å². The van der Waals surface area contributed by atoms with E-state index in [1.54, 1.807) is 0 Å². The molecule has 1 aromatic heterocycles. The first-order valence-corrected chi connectivity index (χ1v) is 8.80.